The predicted octanol–water partition coefficient (Wildman–Crippen LogP) is 0.781. The van der Waals surface area contributed by atoms with Gasteiger partial charge in [-0.15, -0.1) is 0 Å². The molecule has 1 aromatic carbocycles. The number of rotatable bonds is 4. The van der Waals surface area contributed by atoms with Crippen molar-refractivity contribution in [1.82, 2.24) is 0 Å². The summed E-state index contributed by atoms with van der Waals surface area (Å²) in [5.41, 5.74) is -0.112. The van der Waals surface area contributed by atoms with Crippen molar-refractivity contribution in [2.45, 2.75) is 6.42 Å². The molecule has 5 heteroatoms. The van der Waals surface area contributed by atoms with Crippen LogP contribution < -0.4 is 9.84 Å². The fourth-order valence-electron chi connectivity index (χ4n) is 0.975. The SMILES string of the molecule is O=C(CCI)Oc1ccccc1C(=O)[O-]. The number of alkyl halides is 1. The van der Waals surface area contributed by atoms with Gasteiger partial charge in [-0.3, -0.25) is 4.79 Å². The largest absolute Gasteiger partial charge is 0.545 e. The van der Waals surface area contributed by atoms with Crippen LogP contribution in [0.5, 0.6) is 5.75 Å². The van der Waals surface area contributed by atoms with E-state index < -0.39 is 11.9 Å². The van der Waals surface area contributed by atoms with Crippen LogP contribution in [0.4, 0.5) is 0 Å². The minimum atomic E-state index is -1.35. The number of hydrogen-bond acceptors (Lipinski definition) is 4. The van der Waals surface area contributed by atoms with Gasteiger partial charge in [0.2, 0.25) is 0 Å². The van der Waals surface area contributed by atoms with Gasteiger partial charge in [0.25, 0.3) is 0 Å². The molecule has 1 rings (SSSR count). The van der Waals surface area contributed by atoms with Gasteiger partial charge < -0.3 is 14.6 Å². The van der Waals surface area contributed by atoms with E-state index in [1.165, 1.54) is 12.1 Å². The number of esters is 1. The Morgan fingerprint density at radius 2 is 2.00 bits per heavy atom. The zero-order valence-electron chi connectivity index (χ0n) is 7.73. The van der Waals surface area contributed by atoms with Gasteiger partial charge >= 0.3 is 5.97 Å². The second-order valence-electron chi connectivity index (χ2n) is 2.70. The first-order chi connectivity index (χ1) is 7.15. The van der Waals surface area contributed by atoms with E-state index in [0.717, 1.165) is 0 Å². The zero-order valence-corrected chi connectivity index (χ0v) is 9.89. The Morgan fingerprint density at radius 1 is 1.33 bits per heavy atom. The van der Waals surface area contributed by atoms with Crippen LogP contribution in [0.3, 0.4) is 0 Å². The monoisotopic (exact) mass is 319 g/mol. The van der Waals surface area contributed by atoms with Gasteiger partial charge in [-0.25, -0.2) is 0 Å². The van der Waals surface area contributed by atoms with Crippen molar-refractivity contribution < 1.29 is 19.4 Å². The summed E-state index contributed by atoms with van der Waals surface area (Å²) in [6.45, 7) is 0. The summed E-state index contributed by atoms with van der Waals surface area (Å²) >= 11 is 2.04. The van der Waals surface area contributed by atoms with Gasteiger partial charge in [-0.05, 0) is 12.1 Å². The molecule has 0 saturated heterocycles. The number of aromatic carboxylic acids is 1. The molecule has 0 aliphatic rings. The maximum Gasteiger partial charge on any atom is 0.311 e. The number of carbonyl (C=O) groups excluding carboxylic acids is 2. The minimum absolute atomic E-state index is 0.0346. The zero-order chi connectivity index (χ0) is 11.3. The fourth-order valence-corrected chi connectivity index (χ4v) is 1.42. The first kappa shape index (κ1) is 12.0. The van der Waals surface area contributed by atoms with Crippen molar-refractivity contribution in [3.8, 4) is 5.75 Å². The van der Waals surface area contributed by atoms with Crippen LogP contribution in [0.25, 0.3) is 0 Å². The van der Waals surface area contributed by atoms with Gasteiger partial charge in [0, 0.05) is 9.99 Å². The fraction of sp³-hybridized carbons (Fsp3) is 0.200. The molecule has 0 N–H and O–H groups in total. The van der Waals surface area contributed by atoms with Gasteiger partial charge in [0.1, 0.15) is 5.75 Å². The smallest absolute Gasteiger partial charge is 0.311 e. The van der Waals surface area contributed by atoms with Crippen LogP contribution >= 0.6 is 22.6 Å². The van der Waals surface area contributed by atoms with E-state index in [2.05, 4.69) is 0 Å². The Kier molecular flexibility index (Phi) is 4.54. The van der Waals surface area contributed by atoms with Crippen molar-refractivity contribution in [3.05, 3.63) is 29.8 Å². The normalized spacial score (nSPS) is 9.67. The number of para-hydroxylation sites is 1. The van der Waals surface area contributed by atoms with Gasteiger partial charge in [-0.1, -0.05) is 34.7 Å². The standard InChI is InChI=1S/C10H9IO4/c11-6-5-9(12)15-8-4-2-1-3-7(8)10(13)14/h1-4H,5-6H2,(H,13,14)/p-1. The molecule has 0 fully saturated rings. The second kappa shape index (κ2) is 5.69. The average molecular weight is 319 g/mol. The molecule has 0 atom stereocenters. The molecule has 1 aromatic rings. The molecule has 0 aliphatic carbocycles. The van der Waals surface area contributed by atoms with E-state index in [9.17, 15) is 14.7 Å². The Morgan fingerprint density at radius 3 is 2.60 bits per heavy atom. The lowest BCUT2D eigenvalue weighted by Crippen LogP contribution is -2.23. The lowest BCUT2D eigenvalue weighted by molar-refractivity contribution is -0.255. The van der Waals surface area contributed by atoms with Crippen molar-refractivity contribution in [2.24, 2.45) is 0 Å². The third-order valence-electron chi connectivity index (χ3n) is 1.63. The number of halogens is 1. The molecule has 4 nitrogen and oxygen atoms in total. The molecule has 0 unspecified atom stereocenters. The molecule has 0 amide bonds. The molecular formula is C10H8IO4-. The molecule has 0 heterocycles. The molecule has 0 spiro atoms. The molecule has 0 saturated carbocycles. The summed E-state index contributed by atoms with van der Waals surface area (Å²) in [4.78, 5) is 21.8. The first-order valence-electron chi connectivity index (χ1n) is 4.22. The highest BCUT2D eigenvalue weighted by Gasteiger charge is 2.08. The lowest BCUT2D eigenvalue weighted by atomic mass is 10.2. The highest BCUT2D eigenvalue weighted by atomic mass is 127. The van der Waals surface area contributed by atoms with Crippen LogP contribution in [0.2, 0.25) is 0 Å². The van der Waals surface area contributed by atoms with Gasteiger partial charge in [-0.2, -0.15) is 0 Å². The minimum Gasteiger partial charge on any atom is -0.545 e. The molecular weight excluding hydrogens is 311 g/mol. The quantitative estimate of drug-likeness (QED) is 0.356. The number of ether oxygens (including phenoxy) is 1. The third kappa shape index (κ3) is 3.50. The molecule has 80 valence electrons. The summed E-state index contributed by atoms with van der Waals surface area (Å²) in [6, 6.07) is 5.90. The number of carboxylic acid groups (broad SMARTS) is 1. The van der Waals surface area contributed by atoms with E-state index in [0.29, 0.717) is 4.43 Å². The number of carboxylic acids is 1. The van der Waals surface area contributed by atoms with E-state index >= 15 is 0 Å². The Hall–Kier alpha value is -1.11. The number of carbonyl (C=O) groups is 2. The van der Waals surface area contributed by atoms with E-state index in [4.69, 9.17) is 4.74 Å². The maximum absolute atomic E-state index is 11.1. The predicted molar refractivity (Wildman–Crippen MR) is 59.9 cm³/mol. The maximum atomic E-state index is 11.1. The highest BCUT2D eigenvalue weighted by Crippen LogP contribution is 2.17. The topological polar surface area (TPSA) is 66.4 Å². The van der Waals surface area contributed by atoms with Crippen LogP contribution in [0.15, 0.2) is 24.3 Å². The highest BCUT2D eigenvalue weighted by molar-refractivity contribution is 14.1. The summed E-state index contributed by atoms with van der Waals surface area (Å²) < 4.78 is 5.51. The Bertz CT molecular complexity index is 375. The van der Waals surface area contributed by atoms with Crippen LogP contribution in [-0.4, -0.2) is 16.4 Å². The lowest BCUT2D eigenvalue weighted by Gasteiger charge is -2.09. The molecule has 0 aliphatic heterocycles. The van der Waals surface area contributed by atoms with Crippen LogP contribution in [0, 0.1) is 0 Å². The van der Waals surface area contributed by atoms with E-state index in [1.54, 1.807) is 12.1 Å². The summed E-state index contributed by atoms with van der Waals surface area (Å²) in [5, 5.41) is 10.7. The van der Waals surface area contributed by atoms with Crippen molar-refractivity contribution in [1.29, 1.82) is 0 Å². The molecule has 0 radical (unpaired) electrons. The molecule has 0 aromatic heterocycles. The average Bonchev–Trinajstić information content (AvgIpc) is 2.18. The Labute approximate surface area is 100 Å². The van der Waals surface area contributed by atoms with Gasteiger partial charge in [0.05, 0.1) is 12.4 Å². The van der Waals surface area contributed by atoms with Gasteiger partial charge in [0.15, 0.2) is 0 Å². The second-order valence-corrected chi connectivity index (χ2v) is 3.78. The third-order valence-corrected chi connectivity index (χ3v) is 2.17. The number of benzene rings is 1. The van der Waals surface area contributed by atoms with Crippen molar-refractivity contribution >= 4 is 34.5 Å². The first-order valence-corrected chi connectivity index (χ1v) is 5.74. The molecule has 15 heavy (non-hydrogen) atoms. The molecule has 0 bridgehead atoms. The van der Waals surface area contributed by atoms with Crippen LogP contribution in [-0.2, 0) is 4.79 Å². The van der Waals surface area contributed by atoms with E-state index in [-0.39, 0.29) is 17.7 Å². The Balaban J connectivity index is 2.84. The van der Waals surface area contributed by atoms with Crippen molar-refractivity contribution in [3.63, 3.8) is 0 Å². The van der Waals surface area contributed by atoms with Crippen LogP contribution in [0.1, 0.15) is 16.8 Å². The number of hydrogen-bond donors (Lipinski definition) is 0. The van der Waals surface area contributed by atoms with E-state index in [1.807, 2.05) is 22.6 Å². The summed E-state index contributed by atoms with van der Waals surface area (Å²) in [7, 11) is 0. The summed E-state index contributed by atoms with van der Waals surface area (Å²) in [5.74, 6) is -1.77. The summed E-state index contributed by atoms with van der Waals surface area (Å²) in [6.07, 6.45) is 0.252. The van der Waals surface area contributed by atoms with Crippen molar-refractivity contribution in [2.75, 3.05) is 4.43 Å².